The zero-order chi connectivity index (χ0) is 13.2. The molecule has 0 atom stereocenters. The van der Waals surface area contributed by atoms with Crippen LogP contribution < -0.4 is 11.1 Å². The maximum Gasteiger partial charge on any atom is 0.252 e. The lowest BCUT2D eigenvalue weighted by atomic mass is 9.83. The van der Waals surface area contributed by atoms with E-state index in [9.17, 15) is 4.79 Å². The molecule has 0 aromatic heterocycles. The molecule has 18 heavy (non-hydrogen) atoms. The first-order valence-corrected chi connectivity index (χ1v) is 6.69. The summed E-state index contributed by atoms with van der Waals surface area (Å²) in [5.41, 5.74) is 8.04. The quantitative estimate of drug-likeness (QED) is 0.788. The minimum Gasteiger partial charge on any atom is -0.398 e. The molecule has 1 aliphatic carbocycles. The van der Waals surface area contributed by atoms with E-state index in [0.29, 0.717) is 11.3 Å². The van der Waals surface area contributed by atoms with Crippen LogP contribution >= 0.6 is 0 Å². The van der Waals surface area contributed by atoms with Crippen LogP contribution in [0.4, 0.5) is 5.69 Å². The molecule has 1 amide bonds. The van der Waals surface area contributed by atoms with Crippen LogP contribution in [0, 0.1) is 6.92 Å². The van der Waals surface area contributed by atoms with E-state index < -0.39 is 0 Å². The van der Waals surface area contributed by atoms with Gasteiger partial charge >= 0.3 is 0 Å². The number of carbonyl (C=O) groups is 1. The zero-order valence-corrected chi connectivity index (χ0v) is 11.3. The lowest BCUT2D eigenvalue weighted by Gasteiger charge is -2.34. The Morgan fingerprint density at radius 2 is 1.94 bits per heavy atom. The topological polar surface area (TPSA) is 55.1 Å². The number of benzene rings is 1. The predicted molar refractivity (Wildman–Crippen MR) is 74.5 cm³/mol. The molecule has 1 fully saturated rings. The van der Waals surface area contributed by atoms with Gasteiger partial charge in [0.2, 0.25) is 0 Å². The Kier molecular flexibility index (Phi) is 3.60. The van der Waals surface area contributed by atoms with Gasteiger partial charge in [-0.3, -0.25) is 4.79 Å². The second kappa shape index (κ2) is 5.01. The van der Waals surface area contributed by atoms with Crippen molar-refractivity contribution in [2.75, 3.05) is 5.73 Å². The van der Waals surface area contributed by atoms with Gasteiger partial charge in [-0.25, -0.2) is 0 Å². The number of hydrogen-bond acceptors (Lipinski definition) is 2. The van der Waals surface area contributed by atoms with Crippen LogP contribution in [0.25, 0.3) is 0 Å². The molecule has 0 radical (unpaired) electrons. The van der Waals surface area contributed by atoms with Gasteiger partial charge in [-0.1, -0.05) is 25.3 Å². The highest BCUT2D eigenvalue weighted by atomic mass is 16.1. The molecular formula is C15H22N2O. The number of nitrogens with two attached hydrogens (primary N) is 1. The molecular weight excluding hydrogens is 224 g/mol. The highest BCUT2D eigenvalue weighted by molar-refractivity contribution is 5.97. The summed E-state index contributed by atoms with van der Waals surface area (Å²) in [6.07, 6.45) is 5.82. The lowest BCUT2D eigenvalue weighted by Crippen LogP contribution is -2.47. The Balaban J connectivity index is 2.14. The van der Waals surface area contributed by atoms with E-state index in [-0.39, 0.29) is 11.4 Å². The number of carbonyl (C=O) groups excluding carboxylic acids is 1. The van der Waals surface area contributed by atoms with Crippen LogP contribution in [-0.2, 0) is 0 Å². The van der Waals surface area contributed by atoms with E-state index in [1.54, 1.807) is 0 Å². The summed E-state index contributed by atoms with van der Waals surface area (Å²) in [5, 5.41) is 3.19. The Morgan fingerprint density at radius 3 is 2.61 bits per heavy atom. The third kappa shape index (κ3) is 2.66. The number of amides is 1. The summed E-state index contributed by atoms with van der Waals surface area (Å²) in [7, 11) is 0. The minimum atomic E-state index is -0.0492. The maximum absolute atomic E-state index is 12.3. The number of hydrogen-bond donors (Lipinski definition) is 2. The normalized spacial score (nSPS) is 18.3. The van der Waals surface area contributed by atoms with Gasteiger partial charge in [-0.15, -0.1) is 0 Å². The van der Waals surface area contributed by atoms with Crippen molar-refractivity contribution < 1.29 is 4.79 Å². The molecule has 0 spiro atoms. The average molecular weight is 246 g/mol. The highest BCUT2D eigenvalue weighted by Gasteiger charge is 2.29. The fourth-order valence-corrected chi connectivity index (χ4v) is 2.70. The van der Waals surface area contributed by atoms with Crippen molar-refractivity contribution in [3.05, 3.63) is 29.3 Å². The Hall–Kier alpha value is -1.51. The van der Waals surface area contributed by atoms with Gasteiger partial charge in [0, 0.05) is 16.8 Å². The van der Waals surface area contributed by atoms with Crippen LogP contribution in [-0.4, -0.2) is 11.4 Å². The average Bonchev–Trinajstić information content (AvgIpc) is 2.33. The van der Waals surface area contributed by atoms with Crippen LogP contribution in [0.5, 0.6) is 0 Å². The molecule has 1 aromatic carbocycles. The van der Waals surface area contributed by atoms with Crippen LogP contribution in [0.15, 0.2) is 18.2 Å². The molecule has 3 N–H and O–H groups in total. The summed E-state index contributed by atoms with van der Waals surface area (Å²) in [5.74, 6) is 0.00389. The van der Waals surface area contributed by atoms with E-state index in [4.69, 9.17) is 5.73 Å². The van der Waals surface area contributed by atoms with Gasteiger partial charge in [-0.2, -0.15) is 0 Å². The molecule has 3 nitrogen and oxygen atoms in total. The number of rotatable bonds is 2. The summed E-state index contributed by atoms with van der Waals surface area (Å²) in [6.45, 7) is 4.04. The van der Waals surface area contributed by atoms with Crippen LogP contribution in [0.3, 0.4) is 0 Å². The summed E-state index contributed by atoms with van der Waals surface area (Å²) in [6, 6.07) is 5.50. The number of nitrogens with one attached hydrogen (secondary N) is 1. The van der Waals surface area contributed by atoms with Crippen molar-refractivity contribution in [3.8, 4) is 0 Å². The standard InChI is InChI=1S/C15H22N2O/c1-11-12(7-6-8-13(11)16)14(18)17-15(2)9-4-3-5-10-15/h6-8H,3-5,9-10,16H2,1-2H3,(H,17,18). The summed E-state index contributed by atoms with van der Waals surface area (Å²) >= 11 is 0. The van der Waals surface area contributed by atoms with Crippen molar-refractivity contribution in [1.29, 1.82) is 0 Å². The molecule has 1 aromatic rings. The first-order chi connectivity index (χ1) is 8.52. The maximum atomic E-state index is 12.3. The zero-order valence-electron chi connectivity index (χ0n) is 11.3. The van der Waals surface area contributed by atoms with Gasteiger partial charge in [0.25, 0.3) is 5.91 Å². The molecule has 1 aliphatic rings. The molecule has 0 heterocycles. The van der Waals surface area contributed by atoms with Crippen molar-refractivity contribution in [2.45, 2.75) is 51.5 Å². The Bertz CT molecular complexity index is 448. The number of anilines is 1. The van der Waals surface area contributed by atoms with Crippen molar-refractivity contribution in [3.63, 3.8) is 0 Å². The van der Waals surface area contributed by atoms with E-state index in [2.05, 4.69) is 12.2 Å². The van der Waals surface area contributed by atoms with Crippen LogP contribution in [0.1, 0.15) is 54.9 Å². The van der Waals surface area contributed by atoms with Crippen molar-refractivity contribution >= 4 is 11.6 Å². The van der Waals surface area contributed by atoms with E-state index >= 15 is 0 Å². The fourth-order valence-electron chi connectivity index (χ4n) is 2.70. The first kappa shape index (κ1) is 12.9. The van der Waals surface area contributed by atoms with E-state index in [1.807, 2.05) is 25.1 Å². The third-order valence-electron chi connectivity index (χ3n) is 3.99. The molecule has 0 bridgehead atoms. The Labute approximate surface area is 109 Å². The van der Waals surface area contributed by atoms with Crippen molar-refractivity contribution in [1.82, 2.24) is 5.32 Å². The smallest absolute Gasteiger partial charge is 0.252 e. The molecule has 0 unspecified atom stereocenters. The summed E-state index contributed by atoms with van der Waals surface area (Å²) in [4.78, 5) is 12.3. The van der Waals surface area contributed by atoms with Gasteiger partial charge < -0.3 is 11.1 Å². The lowest BCUT2D eigenvalue weighted by molar-refractivity contribution is 0.0882. The van der Waals surface area contributed by atoms with E-state index in [1.165, 1.54) is 19.3 Å². The van der Waals surface area contributed by atoms with Gasteiger partial charge in [0.05, 0.1) is 0 Å². The summed E-state index contributed by atoms with van der Waals surface area (Å²) < 4.78 is 0. The van der Waals surface area contributed by atoms with Crippen LogP contribution in [0.2, 0.25) is 0 Å². The van der Waals surface area contributed by atoms with Crippen molar-refractivity contribution in [2.24, 2.45) is 0 Å². The molecule has 98 valence electrons. The fraction of sp³-hybridized carbons (Fsp3) is 0.533. The molecule has 0 aliphatic heterocycles. The van der Waals surface area contributed by atoms with Gasteiger partial charge in [-0.05, 0) is 44.4 Å². The monoisotopic (exact) mass is 246 g/mol. The predicted octanol–water partition coefficient (Wildman–Crippen LogP) is 3.03. The second-order valence-corrected chi connectivity index (χ2v) is 5.60. The SMILES string of the molecule is Cc1c(N)cccc1C(=O)NC1(C)CCCCC1. The molecule has 2 rings (SSSR count). The van der Waals surface area contributed by atoms with Gasteiger partial charge in [0.1, 0.15) is 0 Å². The first-order valence-electron chi connectivity index (χ1n) is 6.69. The van der Waals surface area contributed by atoms with E-state index in [0.717, 1.165) is 18.4 Å². The molecule has 3 heteroatoms. The van der Waals surface area contributed by atoms with Gasteiger partial charge in [0.15, 0.2) is 0 Å². The Morgan fingerprint density at radius 1 is 1.28 bits per heavy atom. The number of nitrogen functional groups attached to an aromatic ring is 1. The third-order valence-corrected chi connectivity index (χ3v) is 3.99. The molecule has 1 saturated carbocycles. The largest absolute Gasteiger partial charge is 0.398 e. The highest BCUT2D eigenvalue weighted by Crippen LogP contribution is 2.28. The molecule has 0 saturated heterocycles. The second-order valence-electron chi connectivity index (χ2n) is 5.60. The minimum absolute atomic E-state index is 0.00389.